The van der Waals surface area contributed by atoms with Crippen LogP contribution in [0.1, 0.15) is 27.1 Å². The fourth-order valence-corrected chi connectivity index (χ4v) is 3.07. The Hall–Kier alpha value is -3.35. The molecule has 4 rings (SSSR count). The van der Waals surface area contributed by atoms with Crippen LogP contribution < -0.4 is 4.90 Å². The Balaban J connectivity index is 1.70. The van der Waals surface area contributed by atoms with Crippen molar-refractivity contribution >= 4 is 29.3 Å². The maximum absolute atomic E-state index is 12.7. The third-order valence-electron chi connectivity index (χ3n) is 4.18. The van der Waals surface area contributed by atoms with Crippen molar-refractivity contribution in [1.82, 2.24) is 9.88 Å². The molecule has 3 heterocycles. The smallest absolute Gasteiger partial charge is 0.262 e. The number of rotatable bonds is 2. The first-order valence-corrected chi connectivity index (χ1v) is 7.33. The largest absolute Gasteiger partial charge is 0.274 e. The third-order valence-corrected chi connectivity index (χ3v) is 4.18. The van der Waals surface area contributed by atoms with Crippen LogP contribution >= 0.6 is 0 Å². The maximum Gasteiger partial charge on any atom is 0.262 e. The van der Waals surface area contributed by atoms with Crippen LogP contribution in [-0.2, 0) is 9.59 Å². The highest BCUT2D eigenvalue weighted by atomic mass is 16.2. The number of pyridine rings is 1. The van der Waals surface area contributed by atoms with Crippen LogP contribution in [0.5, 0.6) is 0 Å². The molecule has 7 heteroatoms. The zero-order chi connectivity index (χ0) is 16.8. The number of nitrogens with zero attached hydrogens (tertiary/aromatic N) is 3. The molecule has 7 nitrogen and oxygen atoms in total. The number of carbonyl (C=O) groups is 4. The zero-order valence-corrected chi connectivity index (χ0v) is 12.4. The van der Waals surface area contributed by atoms with E-state index in [2.05, 4.69) is 4.98 Å². The van der Waals surface area contributed by atoms with Gasteiger partial charge in [-0.25, -0.2) is 4.90 Å². The summed E-state index contributed by atoms with van der Waals surface area (Å²) >= 11 is 0. The Bertz CT molecular complexity index is 859. The van der Waals surface area contributed by atoms with Crippen LogP contribution in [0.25, 0.3) is 0 Å². The van der Waals surface area contributed by atoms with Gasteiger partial charge >= 0.3 is 0 Å². The number of anilines is 1. The zero-order valence-electron chi connectivity index (χ0n) is 12.4. The SMILES string of the molecule is O=C1CC(N2C(=O)c3ccccc3C2=O)C(=O)N1c1ccncc1. The molecule has 0 N–H and O–H groups in total. The molecular weight excluding hydrogens is 310 g/mol. The van der Waals surface area contributed by atoms with Gasteiger partial charge < -0.3 is 0 Å². The van der Waals surface area contributed by atoms with Crippen molar-refractivity contribution in [3.8, 4) is 0 Å². The summed E-state index contributed by atoms with van der Waals surface area (Å²) in [6, 6.07) is 8.32. The van der Waals surface area contributed by atoms with Crippen LogP contribution in [0.4, 0.5) is 5.69 Å². The van der Waals surface area contributed by atoms with Crippen molar-refractivity contribution in [2.45, 2.75) is 12.5 Å². The summed E-state index contributed by atoms with van der Waals surface area (Å²) in [5, 5.41) is 0. The number of carbonyl (C=O) groups excluding carboxylic acids is 4. The lowest BCUT2D eigenvalue weighted by Gasteiger charge is -2.20. The van der Waals surface area contributed by atoms with Crippen LogP contribution in [0, 0.1) is 0 Å². The van der Waals surface area contributed by atoms with Gasteiger partial charge in [0.2, 0.25) is 5.91 Å². The van der Waals surface area contributed by atoms with Gasteiger partial charge in [-0.15, -0.1) is 0 Å². The van der Waals surface area contributed by atoms with Crippen molar-refractivity contribution in [2.75, 3.05) is 4.90 Å². The second kappa shape index (κ2) is 5.09. The first kappa shape index (κ1) is 14.3. The Kier molecular flexibility index (Phi) is 3.02. The topological polar surface area (TPSA) is 87.7 Å². The molecule has 0 aliphatic carbocycles. The van der Waals surface area contributed by atoms with Gasteiger partial charge in [-0.05, 0) is 24.3 Å². The maximum atomic E-state index is 12.7. The van der Waals surface area contributed by atoms with Gasteiger partial charge in [-0.3, -0.25) is 29.1 Å². The first-order valence-electron chi connectivity index (χ1n) is 7.33. The monoisotopic (exact) mass is 321 g/mol. The van der Waals surface area contributed by atoms with Gasteiger partial charge in [-0.1, -0.05) is 12.1 Å². The number of amides is 4. The molecule has 1 unspecified atom stereocenters. The Morgan fingerprint density at radius 2 is 1.46 bits per heavy atom. The second-order valence-electron chi connectivity index (χ2n) is 5.52. The minimum absolute atomic E-state index is 0.216. The van der Waals surface area contributed by atoms with Gasteiger partial charge in [-0.2, -0.15) is 0 Å². The van der Waals surface area contributed by atoms with Crippen molar-refractivity contribution in [3.63, 3.8) is 0 Å². The molecule has 0 bridgehead atoms. The summed E-state index contributed by atoms with van der Waals surface area (Å²) in [6.45, 7) is 0. The highest BCUT2D eigenvalue weighted by Crippen LogP contribution is 2.31. The predicted molar refractivity (Wildman–Crippen MR) is 82.1 cm³/mol. The molecule has 1 aromatic heterocycles. The molecule has 2 aromatic rings. The quantitative estimate of drug-likeness (QED) is 0.770. The van der Waals surface area contributed by atoms with E-state index in [4.69, 9.17) is 0 Å². The lowest BCUT2D eigenvalue weighted by Crippen LogP contribution is -2.45. The summed E-state index contributed by atoms with van der Waals surface area (Å²) in [7, 11) is 0. The highest BCUT2D eigenvalue weighted by molar-refractivity contribution is 6.28. The third kappa shape index (κ3) is 1.88. The molecule has 2 aliphatic rings. The second-order valence-corrected chi connectivity index (χ2v) is 5.52. The summed E-state index contributed by atoms with van der Waals surface area (Å²) in [5.74, 6) is -2.12. The summed E-state index contributed by atoms with van der Waals surface area (Å²) in [5.41, 5.74) is 0.884. The molecule has 0 spiro atoms. The van der Waals surface area contributed by atoms with Gasteiger partial charge in [0, 0.05) is 12.4 Å². The number of aromatic nitrogens is 1. The van der Waals surface area contributed by atoms with E-state index in [-0.39, 0.29) is 17.5 Å². The van der Waals surface area contributed by atoms with Crippen molar-refractivity contribution in [1.29, 1.82) is 0 Å². The van der Waals surface area contributed by atoms with Crippen LogP contribution in [0.3, 0.4) is 0 Å². The standard InChI is InChI=1S/C17H11N3O4/c21-14-9-13(17(24)19(14)10-5-7-18-8-6-10)20-15(22)11-3-1-2-4-12(11)16(20)23/h1-8,13H,9H2. The fourth-order valence-electron chi connectivity index (χ4n) is 3.07. The molecule has 1 saturated heterocycles. The number of imide groups is 2. The predicted octanol–water partition coefficient (Wildman–Crippen LogP) is 1.01. The highest BCUT2D eigenvalue weighted by Gasteiger charge is 2.50. The van der Waals surface area contributed by atoms with E-state index in [1.807, 2.05) is 0 Å². The first-order chi connectivity index (χ1) is 11.6. The summed E-state index contributed by atoms with van der Waals surface area (Å²) < 4.78 is 0. The van der Waals surface area contributed by atoms with Gasteiger partial charge in [0.25, 0.3) is 17.7 Å². The van der Waals surface area contributed by atoms with E-state index >= 15 is 0 Å². The Morgan fingerprint density at radius 3 is 2.04 bits per heavy atom. The average molecular weight is 321 g/mol. The van der Waals surface area contributed by atoms with Crippen LogP contribution in [-0.4, -0.2) is 39.6 Å². The molecule has 24 heavy (non-hydrogen) atoms. The van der Waals surface area contributed by atoms with E-state index < -0.39 is 29.7 Å². The summed E-state index contributed by atoms with van der Waals surface area (Å²) in [4.78, 5) is 55.7. The van der Waals surface area contributed by atoms with Crippen LogP contribution in [0.15, 0.2) is 48.8 Å². The Labute approximate surface area is 136 Å². The van der Waals surface area contributed by atoms with Crippen LogP contribution in [0.2, 0.25) is 0 Å². The number of fused-ring (bicyclic) bond motifs is 1. The van der Waals surface area contributed by atoms with Gasteiger partial charge in [0.05, 0.1) is 23.2 Å². The lowest BCUT2D eigenvalue weighted by atomic mass is 10.1. The fraction of sp³-hybridized carbons (Fsp3) is 0.118. The minimum Gasteiger partial charge on any atom is -0.274 e. The van der Waals surface area contributed by atoms with Crippen molar-refractivity contribution in [3.05, 3.63) is 59.9 Å². The molecule has 0 radical (unpaired) electrons. The molecule has 118 valence electrons. The molecule has 1 fully saturated rings. The normalized spacial score (nSPS) is 20.1. The molecule has 1 atom stereocenters. The van der Waals surface area contributed by atoms with Gasteiger partial charge in [0.1, 0.15) is 6.04 Å². The molecule has 1 aromatic carbocycles. The van der Waals surface area contributed by atoms with Crippen molar-refractivity contribution in [2.24, 2.45) is 0 Å². The Morgan fingerprint density at radius 1 is 0.875 bits per heavy atom. The molecular formula is C17H11N3O4. The van der Waals surface area contributed by atoms with E-state index in [0.29, 0.717) is 5.69 Å². The molecule has 2 aliphatic heterocycles. The number of hydrogen-bond donors (Lipinski definition) is 0. The van der Waals surface area contributed by atoms with Gasteiger partial charge in [0.15, 0.2) is 0 Å². The molecule has 0 saturated carbocycles. The van der Waals surface area contributed by atoms with E-state index in [1.54, 1.807) is 12.1 Å². The number of benzene rings is 1. The van der Waals surface area contributed by atoms with E-state index in [1.165, 1.54) is 36.7 Å². The molecule has 4 amide bonds. The summed E-state index contributed by atoms with van der Waals surface area (Å²) in [6.07, 6.45) is 2.71. The van der Waals surface area contributed by atoms with E-state index in [0.717, 1.165) is 9.80 Å². The lowest BCUT2D eigenvalue weighted by molar-refractivity contribution is -0.122. The van der Waals surface area contributed by atoms with Crippen molar-refractivity contribution < 1.29 is 19.2 Å². The minimum atomic E-state index is -1.11. The average Bonchev–Trinajstić information content (AvgIpc) is 3.03. The number of hydrogen-bond acceptors (Lipinski definition) is 5. The van der Waals surface area contributed by atoms with E-state index in [9.17, 15) is 19.2 Å².